The predicted octanol–water partition coefficient (Wildman–Crippen LogP) is 1.13. The Kier molecular flexibility index (Phi) is 3.06. The van der Waals surface area contributed by atoms with Gasteiger partial charge in [0.2, 0.25) is 0 Å². The van der Waals surface area contributed by atoms with Gasteiger partial charge < -0.3 is 5.32 Å². The summed E-state index contributed by atoms with van der Waals surface area (Å²) in [4.78, 5) is 4.34. The fourth-order valence-electron chi connectivity index (χ4n) is 0.909. The van der Waals surface area contributed by atoms with E-state index in [0.717, 1.165) is 12.3 Å². The third kappa shape index (κ3) is 2.21. The quantitative estimate of drug-likeness (QED) is 0.666. The first-order valence-electron chi connectivity index (χ1n) is 3.70. The van der Waals surface area contributed by atoms with Gasteiger partial charge in [0.05, 0.1) is 12.3 Å². The van der Waals surface area contributed by atoms with E-state index in [1.807, 2.05) is 11.8 Å². The van der Waals surface area contributed by atoms with Crippen molar-refractivity contribution >= 4 is 17.6 Å². The van der Waals surface area contributed by atoms with Crippen LogP contribution in [0.1, 0.15) is 13.8 Å². The molecule has 58 valence electrons. The zero-order valence-corrected chi connectivity index (χ0v) is 7.37. The molecule has 0 aromatic carbocycles. The van der Waals surface area contributed by atoms with Crippen molar-refractivity contribution in [1.82, 2.24) is 5.32 Å². The van der Waals surface area contributed by atoms with Crippen LogP contribution in [0.25, 0.3) is 0 Å². The molecule has 10 heavy (non-hydrogen) atoms. The lowest BCUT2D eigenvalue weighted by molar-refractivity contribution is 0.725. The molecule has 1 atom stereocenters. The fourth-order valence-corrected chi connectivity index (χ4v) is 1.48. The van der Waals surface area contributed by atoms with E-state index >= 15 is 0 Å². The molecule has 3 heteroatoms. The summed E-state index contributed by atoms with van der Waals surface area (Å²) in [7, 11) is 0. The van der Waals surface area contributed by atoms with Crippen molar-refractivity contribution in [3.05, 3.63) is 0 Å². The minimum atomic E-state index is 0.562. The Bertz CT molecular complexity index is 134. The highest BCUT2D eigenvalue weighted by Gasteiger charge is 2.10. The van der Waals surface area contributed by atoms with Crippen LogP contribution in [0.2, 0.25) is 0 Å². The summed E-state index contributed by atoms with van der Waals surface area (Å²) in [6.07, 6.45) is 0. The third-order valence-corrected chi connectivity index (χ3v) is 2.30. The summed E-state index contributed by atoms with van der Waals surface area (Å²) < 4.78 is 0. The highest BCUT2D eigenvalue weighted by molar-refractivity contribution is 7.99. The molecule has 0 aromatic heterocycles. The molecule has 0 bridgehead atoms. The van der Waals surface area contributed by atoms with E-state index in [9.17, 15) is 0 Å². The lowest BCUT2D eigenvalue weighted by Crippen LogP contribution is -2.28. The Balaban J connectivity index is 2.17. The standard InChI is InChI=1S/C7H14N2S/c1-3-10-5-7-8-4-6(2)9-7/h6H,3-5H2,1-2H3,(H,8,9). The van der Waals surface area contributed by atoms with Crippen LogP contribution >= 0.6 is 11.8 Å². The zero-order valence-electron chi connectivity index (χ0n) is 6.55. The van der Waals surface area contributed by atoms with Crippen LogP contribution in [0.5, 0.6) is 0 Å². The van der Waals surface area contributed by atoms with E-state index in [-0.39, 0.29) is 0 Å². The van der Waals surface area contributed by atoms with Crippen LogP contribution in [0.3, 0.4) is 0 Å². The van der Waals surface area contributed by atoms with Crippen LogP contribution in [-0.4, -0.2) is 29.9 Å². The van der Waals surface area contributed by atoms with E-state index in [0.29, 0.717) is 6.04 Å². The number of amidine groups is 1. The van der Waals surface area contributed by atoms with Crippen molar-refractivity contribution in [3.63, 3.8) is 0 Å². The number of thioether (sulfide) groups is 1. The lowest BCUT2D eigenvalue weighted by atomic mass is 10.4. The van der Waals surface area contributed by atoms with Crippen molar-refractivity contribution in [3.8, 4) is 0 Å². The Hall–Kier alpha value is -0.180. The summed E-state index contributed by atoms with van der Waals surface area (Å²) in [5.74, 6) is 3.41. The average molecular weight is 158 g/mol. The van der Waals surface area contributed by atoms with Crippen LogP contribution in [-0.2, 0) is 0 Å². The Morgan fingerprint density at radius 2 is 2.60 bits per heavy atom. The van der Waals surface area contributed by atoms with Gasteiger partial charge in [-0.05, 0) is 12.7 Å². The summed E-state index contributed by atoms with van der Waals surface area (Å²) >= 11 is 1.91. The molecule has 1 N–H and O–H groups in total. The molecule has 1 aliphatic rings. The van der Waals surface area contributed by atoms with Gasteiger partial charge in [0.15, 0.2) is 0 Å². The SMILES string of the molecule is CCSCC1=NCC(C)N1. The van der Waals surface area contributed by atoms with Crippen LogP contribution < -0.4 is 5.32 Å². The Morgan fingerprint density at radius 1 is 1.80 bits per heavy atom. The van der Waals surface area contributed by atoms with Gasteiger partial charge in [0.25, 0.3) is 0 Å². The summed E-state index contributed by atoms with van der Waals surface area (Å²) in [5, 5.41) is 3.32. The van der Waals surface area contributed by atoms with Gasteiger partial charge in [0, 0.05) is 6.04 Å². The first-order chi connectivity index (χ1) is 4.83. The van der Waals surface area contributed by atoms with E-state index in [1.54, 1.807) is 0 Å². The normalized spacial score (nSPS) is 24.2. The molecule has 0 saturated carbocycles. The second-order valence-electron chi connectivity index (χ2n) is 2.47. The van der Waals surface area contributed by atoms with Crippen molar-refractivity contribution < 1.29 is 0 Å². The number of nitrogens with zero attached hydrogens (tertiary/aromatic N) is 1. The van der Waals surface area contributed by atoms with E-state index < -0.39 is 0 Å². The summed E-state index contributed by atoms with van der Waals surface area (Å²) in [6, 6.07) is 0.562. The van der Waals surface area contributed by atoms with Crippen molar-refractivity contribution in [1.29, 1.82) is 0 Å². The van der Waals surface area contributed by atoms with Crippen LogP contribution in [0, 0.1) is 0 Å². The molecule has 1 rings (SSSR count). The molecule has 0 aromatic rings. The molecule has 1 unspecified atom stereocenters. The van der Waals surface area contributed by atoms with Gasteiger partial charge in [-0.15, -0.1) is 0 Å². The second kappa shape index (κ2) is 3.86. The van der Waals surface area contributed by atoms with Gasteiger partial charge in [-0.25, -0.2) is 0 Å². The molecular formula is C7H14N2S. The molecule has 0 aliphatic carbocycles. The van der Waals surface area contributed by atoms with Gasteiger partial charge >= 0.3 is 0 Å². The molecule has 2 nitrogen and oxygen atoms in total. The highest BCUT2D eigenvalue weighted by atomic mass is 32.2. The van der Waals surface area contributed by atoms with Crippen LogP contribution in [0.15, 0.2) is 4.99 Å². The van der Waals surface area contributed by atoms with Gasteiger partial charge in [0.1, 0.15) is 5.84 Å². The maximum absolute atomic E-state index is 4.34. The summed E-state index contributed by atoms with van der Waals surface area (Å²) in [5.41, 5.74) is 0. The predicted molar refractivity (Wildman–Crippen MR) is 47.9 cm³/mol. The Labute approximate surface area is 66.5 Å². The molecule has 1 aliphatic heterocycles. The summed E-state index contributed by atoms with van der Waals surface area (Å²) in [6.45, 7) is 5.29. The zero-order chi connectivity index (χ0) is 7.40. The number of rotatable bonds is 3. The fraction of sp³-hybridized carbons (Fsp3) is 0.857. The van der Waals surface area contributed by atoms with Gasteiger partial charge in [-0.1, -0.05) is 6.92 Å². The smallest absolute Gasteiger partial charge is 0.107 e. The maximum Gasteiger partial charge on any atom is 0.107 e. The minimum Gasteiger partial charge on any atom is -0.369 e. The first kappa shape index (κ1) is 7.92. The van der Waals surface area contributed by atoms with Crippen molar-refractivity contribution in [2.75, 3.05) is 18.1 Å². The minimum absolute atomic E-state index is 0.562. The first-order valence-corrected chi connectivity index (χ1v) is 4.86. The molecule has 0 fully saturated rings. The van der Waals surface area contributed by atoms with Crippen LogP contribution in [0.4, 0.5) is 0 Å². The highest BCUT2D eigenvalue weighted by Crippen LogP contribution is 2.02. The number of aliphatic imine (C=N–C) groups is 1. The van der Waals surface area contributed by atoms with Crippen molar-refractivity contribution in [2.45, 2.75) is 19.9 Å². The average Bonchev–Trinajstić information content (AvgIpc) is 2.31. The topological polar surface area (TPSA) is 24.4 Å². The molecule has 0 saturated heterocycles. The molecular weight excluding hydrogens is 144 g/mol. The van der Waals surface area contributed by atoms with Gasteiger partial charge in [-0.3, -0.25) is 4.99 Å². The van der Waals surface area contributed by atoms with Crippen molar-refractivity contribution in [2.24, 2.45) is 4.99 Å². The maximum atomic E-state index is 4.34. The monoisotopic (exact) mass is 158 g/mol. The molecule has 0 amide bonds. The van der Waals surface area contributed by atoms with E-state index in [1.165, 1.54) is 11.6 Å². The van der Waals surface area contributed by atoms with Gasteiger partial charge in [-0.2, -0.15) is 11.8 Å². The number of nitrogens with one attached hydrogen (secondary N) is 1. The largest absolute Gasteiger partial charge is 0.369 e. The number of hydrogen-bond donors (Lipinski definition) is 1. The third-order valence-electron chi connectivity index (χ3n) is 1.41. The van der Waals surface area contributed by atoms with E-state index in [2.05, 4.69) is 24.2 Å². The van der Waals surface area contributed by atoms with E-state index in [4.69, 9.17) is 0 Å². The number of hydrogen-bond acceptors (Lipinski definition) is 3. The lowest BCUT2D eigenvalue weighted by Gasteiger charge is -2.03. The Morgan fingerprint density at radius 3 is 3.10 bits per heavy atom. The molecule has 0 spiro atoms. The molecule has 1 heterocycles. The molecule has 0 radical (unpaired) electrons. The second-order valence-corrected chi connectivity index (χ2v) is 3.74.